The lowest BCUT2D eigenvalue weighted by Crippen LogP contribution is -2.21. The molecule has 0 atom stereocenters. The van der Waals surface area contributed by atoms with E-state index in [2.05, 4.69) is 20.6 Å². The van der Waals surface area contributed by atoms with Crippen LogP contribution in [-0.4, -0.2) is 39.4 Å². The number of hydrazone groups is 1. The molecule has 1 heterocycles. The van der Waals surface area contributed by atoms with Gasteiger partial charge in [-0.05, 0) is 53.7 Å². The van der Waals surface area contributed by atoms with E-state index in [1.54, 1.807) is 25.5 Å². The number of rotatable bonds is 5. The first-order chi connectivity index (χ1) is 13.2. The SMILES string of the molecule is CCOC(=O)N/N=C(C)/C(C)=N/c1nn(-c2ccccc2)c(=NC(C)(C)C)s1. The number of para-hydroxylation sites is 1. The minimum Gasteiger partial charge on any atom is -0.449 e. The zero-order valence-corrected chi connectivity index (χ0v) is 17.9. The molecule has 0 bridgehead atoms. The zero-order chi connectivity index (χ0) is 20.7. The van der Waals surface area contributed by atoms with Crippen LogP contribution in [0, 0.1) is 0 Å². The van der Waals surface area contributed by atoms with Crippen LogP contribution in [0.2, 0.25) is 0 Å². The Kier molecular flexibility index (Phi) is 7.22. The molecule has 0 saturated heterocycles. The van der Waals surface area contributed by atoms with Gasteiger partial charge in [0.25, 0.3) is 0 Å². The molecule has 0 saturated carbocycles. The lowest BCUT2D eigenvalue weighted by atomic mass is 10.1. The third-order valence-electron chi connectivity index (χ3n) is 3.36. The molecule has 8 nitrogen and oxygen atoms in total. The Balaban J connectivity index is 2.38. The van der Waals surface area contributed by atoms with Gasteiger partial charge in [-0.2, -0.15) is 5.10 Å². The van der Waals surface area contributed by atoms with Gasteiger partial charge in [0.2, 0.25) is 9.93 Å². The molecule has 2 aromatic rings. The van der Waals surface area contributed by atoms with Gasteiger partial charge in [0.15, 0.2) is 0 Å². The summed E-state index contributed by atoms with van der Waals surface area (Å²) in [5, 5.41) is 9.14. The summed E-state index contributed by atoms with van der Waals surface area (Å²) in [6.07, 6.45) is -0.600. The fourth-order valence-electron chi connectivity index (χ4n) is 2.01. The Hall–Kier alpha value is -2.81. The van der Waals surface area contributed by atoms with Crippen LogP contribution in [0.1, 0.15) is 41.5 Å². The Morgan fingerprint density at radius 2 is 1.89 bits per heavy atom. The zero-order valence-electron chi connectivity index (χ0n) is 17.1. The lowest BCUT2D eigenvalue weighted by molar-refractivity contribution is 0.152. The van der Waals surface area contributed by atoms with Gasteiger partial charge in [-0.3, -0.25) is 4.99 Å². The van der Waals surface area contributed by atoms with Crippen LogP contribution in [0.3, 0.4) is 0 Å². The van der Waals surface area contributed by atoms with E-state index in [-0.39, 0.29) is 12.1 Å². The molecule has 0 spiro atoms. The van der Waals surface area contributed by atoms with Crippen molar-refractivity contribution in [2.24, 2.45) is 15.1 Å². The average molecular weight is 403 g/mol. The van der Waals surface area contributed by atoms with Gasteiger partial charge in [0.05, 0.1) is 29.3 Å². The molecule has 9 heteroatoms. The number of ether oxygens (including phenoxy) is 1. The van der Waals surface area contributed by atoms with Crippen LogP contribution >= 0.6 is 11.3 Å². The normalized spacial score (nSPS) is 13.6. The average Bonchev–Trinajstić information content (AvgIpc) is 3.00. The van der Waals surface area contributed by atoms with Crippen LogP contribution in [0.5, 0.6) is 0 Å². The molecule has 1 amide bonds. The van der Waals surface area contributed by atoms with Crippen molar-refractivity contribution in [2.45, 2.75) is 47.1 Å². The van der Waals surface area contributed by atoms with Gasteiger partial charge in [0, 0.05) is 0 Å². The predicted octanol–water partition coefficient (Wildman–Crippen LogP) is 3.85. The van der Waals surface area contributed by atoms with E-state index in [1.165, 1.54) is 11.3 Å². The van der Waals surface area contributed by atoms with Crippen molar-refractivity contribution in [3.8, 4) is 5.69 Å². The smallest absolute Gasteiger partial charge is 0.427 e. The summed E-state index contributed by atoms with van der Waals surface area (Å²) < 4.78 is 6.56. The second kappa shape index (κ2) is 9.41. The monoisotopic (exact) mass is 402 g/mol. The van der Waals surface area contributed by atoms with Gasteiger partial charge in [-0.1, -0.05) is 29.5 Å². The van der Waals surface area contributed by atoms with E-state index in [4.69, 9.17) is 9.73 Å². The fourth-order valence-corrected chi connectivity index (χ4v) is 3.03. The molecule has 150 valence electrons. The summed E-state index contributed by atoms with van der Waals surface area (Å²) in [7, 11) is 0. The molecule has 0 aliphatic carbocycles. The standard InChI is InChI=1S/C19H26N6O2S/c1-7-27-18(26)23-22-14(3)13(2)20-16-24-25(15-11-9-8-10-12-15)17(28-16)21-19(4,5)6/h8-12H,7H2,1-6H3,(H,23,26)/b20-13+,21-17?,22-14+. The van der Waals surface area contributed by atoms with E-state index in [0.29, 0.717) is 16.6 Å². The molecule has 0 aliphatic rings. The Labute approximate surface area is 168 Å². The van der Waals surface area contributed by atoms with Crippen LogP contribution < -0.4 is 10.2 Å². The van der Waals surface area contributed by atoms with Gasteiger partial charge in [-0.25, -0.2) is 19.9 Å². The first-order valence-electron chi connectivity index (χ1n) is 8.94. The van der Waals surface area contributed by atoms with Crippen molar-refractivity contribution >= 4 is 34.0 Å². The Morgan fingerprint density at radius 3 is 2.50 bits per heavy atom. The molecule has 1 aromatic heterocycles. The lowest BCUT2D eigenvalue weighted by Gasteiger charge is -2.10. The molecule has 0 unspecified atom stereocenters. The maximum atomic E-state index is 11.4. The maximum absolute atomic E-state index is 11.4. The molecule has 0 aliphatic heterocycles. The molecule has 28 heavy (non-hydrogen) atoms. The summed E-state index contributed by atoms with van der Waals surface area (Å²) in [5.74, 6) is 0. The molecular formula is C19H26N6O2S. The van der Waals surface area contributed by atoms with Crippen LogP contribution in [0.4, 0.5) is 9.93 Å². The predicted molar refractivity (Wildman–Crippen MR) is 113 cm³/mol. The van der Waals surface area contributed by atoms with Crippen molar-refractivity contribution < 1.29 is 9.53 Å². The molecule has 1 N–H and O–H groups in total. The summed E-state index contributed by atoms with van der Waals surface area (Å²) in [4.78, 5) is 21.4. The van der Waals surface area contributed by atoms with E-state index in [0.717, 1.165) is 10.5 Å². The summed E-state index contributed by atoms with van der Waals surface area (Å²) in [5.41, 5.74) is 4.18. The quantitative estimate of drug-likeness (QED) is 0.608. The van der Waals surface area contributed by atoms with Gasteiger partial charge in [-0.15, -0.1) is 5.10 Å². The number of carbonyl (C=O) groups excluding carboxylic acids is 1. The Morgan fingerprint density at radius 1 is 1.21 bits per heavy atom. The van der Waals surface area contributed by atoms with Crippen molar-refractivity contribution in [1.29, 1.82) is 0 Å². The number of aliphatic imine (C=N–C) groups is 1. The molecule has 2 rings (SSSR count). The first-order valence-corrected chi connectivity index (χ1v) is 9.75. The summed E-state index contributed by atoms with van der Waals surface area (Å²) in [6.45, 7) is 11.7. The first kappa shape index (κ1) is 21.5. The minimum atomic E-state index is -0.600. The molecule has 0 fully saturated rings. The number of hydrogen-bond acceptors (Lipinski definition) is 7. The highest BCUT2D eigenvalue weighted by Gasteiger charge is 2.12. The number of nitrogens with one attached hydrogen (secondary N) is 1. The van der Waals surface area contributed by atoms with E-state index >= 15 is 0 Å². The number of amides is 1. The molecular weight excluding hydrogens is 376 g/mol. The number of nitrogens with zero attached hydrogens (tertiary/aromatic N) is 5. The van der Waals surface area contributed by atoms with Gasteiger partial charge >= 0.3 is 6.09 Å². The van der Waals surface area contributed by atoms with Gasteiger partial charge < -0.3 is 4.74 Å². The van der Waals surface area contributed by atoms with E-state index < -0.39 is 6.09 Å². The Bertz CT molecular complexity index is 935. The number of benzene rings is 1. The summed E-state index contributed by atoms with van der Waals surface area (Å²) >= 11 is 1.39. The van der Waals surface area contributed by atoms with Crippen LogP contribution in [-0.2, 0) is 4.74 Å². The van der Waals surface area contributed by atoms with E-state index in [1.807, 2.05) is 51.1 Å². The third-order valence-corrected chi connectivity index (χ3v) is 4.16. The fraction of sp³-hybridized carbons (Fsp3) is 0.421. The van der Waals surface area contributed by atoms with Crippen molar-refractivity contribution in [2.75, 3.05) is 6.61 Å². The largest absolute Gasteiger partial charge is 0.449 e. The summed E-state index contributed by atoms with van der Waals surface area (Å²) in [6, 6.07) is 9.80. The van der Waals surface area contributed by atoms with E-state index in [9.17, 15) is 4.79 Å². The topological polar surface area (TPSA) is 93.2 Å². The highest BCUT2D eigenvalue weighted by atomic mass is 32.1. The van der Waals surface area contributed by atoms with Crippen LogP contribution in [0.25, 0.3) is 5.69 Å². The number of carbonyl (C=O) groups is 1. The number of hydrogen-bond donors (Lipinski definition) is 1. The second-order valence-electron chi connectivity index (χ2n) is 6.92. The van der Waals surface area contributed by atoms with Crippen molar-refractivity contribution in [3.63, 3.8) is 0 Å². The molecule has 1 aromatic carbocycles. The maximum Gasteiger partial charge on any atom is 0.427 e. The van der Waals surface area contributed by atoms with Crippen LogP contribution in [0.15, 0.2) is 45.4 Å². The highest BCUT2D eigenvalue weighted by Crippen LogP contribution is 2.16. The van der Waals surface area contributed by atoms with Crippen molar-refractivity contribution in [1.82, 2.24) is 15.2 Å². The third kappa shape index (κ3) is 6.41. The molecule has 0 radical (unpaired) electrons. The minimum absolute atomic E-state index is 0.250. The van der Waals surface area contributed by atoms with Crippen molar-refractivity contribution in [3.05, 3.63) is 35.1 Å². The van der Waals surface area contributed by atoms with Gasteiger partial charge in [0.1, 0.15) is 0 Å². The second-order valence-corrected chi connectivity index (χ2v) is 7.86. The number of aromatic nitrogens is 2. The highest BCUT2D eigenvalue weighted by molar-refractivity contribution is 7.12.